The Labute approximate surface area is 90.5 Å². The first kappa shape index (κ1) is 12.3. The largest absolute Gasteiger partial charge is 0.373 e. The van der Waals surface area contributed by atoms with Crippen LogP contribution < -0.4 is 5.73 Å². The summed E-state index contributed by atoms with van der Waals surface area (Å²) in [5, 5.41) is 0. The highest BCUT2D eigenvalue weighted by Crippen LogP contribution is 2.12. The minimum Gasteiger partial charge on any atom is -0.324 e. The maximum atomic E-state index is 8.12. The summed E-state index contributed by atoms with van der Waals surface area (Å²) in [6.45, 7) is 1.99. The molecule has 0 aromatic heterocycles. The maximum Gasteiger partial charge on any atom is 0.373 e. The lowest BCUT2D eigenvalue weighted by atomic mass is 10.1. The Morgan fingerprint density at radius 2 is 2.00 bits per heavy atom. The van der Waals surface area contributed by atoms with Crippen LogP contribution in [0.2, 0.25) is 0 Å². The normalized spacial score (nSPS) is 10.7. The smallest absolute Gasteiger partial charge is 0.324 e. The van der Waals surface area contributed by atoms with Gasteiger partial charge in [-0.2, -0.15) is 9.59 Å². The van der Waals surface area contributed by atoms with Gasteiger partial charge in [-0.05, 0) is 47.2 Å². The van der Waals surface area contributed by atoms with E-state index in [1.807, 2.05) is 19.1 Å². The molecule has 1 rings (SSSR count). The van der Waals surface area contributed by atoms with E-state index in [1.54, 1.807) is 0 Å². The predicted molar refractivity (Wildman–Crippen MR) is 56.8 cm³/mol. The number of hydrogen-bond acceptors (Lipinski definition) is 3. The summed E-state index contributed by atoms with van der Waals surface area (Å²) in [7, 11) is 0. The molecular weight excluding hydrogens is 281 g/mol. The summed E-state index contributed by atoms with van der Waals surface area (Å²) in [6, 6.07) is 8.39. The third kappa shape index (κ3) is 5.52. The van der Waals surface area contributed by atoms with Gasteiger partial charge in [-0.3, -0.25) is 0 Å². The second-order valence-corrected chi connectivity index (χ2v) is 3.67. The van der Waals surface area contributed by atoms with Gasteiger partial charge in [0.2, 0.25) is 0 Å². The SMILES string of the molecule is CC(N)c1cccc(I)c1.O=C=O. The van der Waals surface area contributed by atoms with Crippen molar-refractivity contribution >= 4 is 28.7 Å². The number of nitrogens with two attached hydrogens (primary N) is 1. The molecule has 0 bridgehead atoms. The van der Waals surface area contributed by atoms with Crippen LogP contribution in [0.5, 0.6) is 0 Å². The van der Waals surface area contributed by atoms with Crippen LogP contribution in [0.3, 0.4) is 0 Å². The van der Waals surface area contributed by atoms with Crippen LogP contribution in [0, 0.1) is 3.57 Å². The molecular formula is C9H10INO2. The molecule has 4 heteroatoms. The summed E-state index contributed by atoms with van der Waals surface area (Å²) >= 11 is 2.28. The Hall–Kier alpha value is -0.710. The van der Waals surface area contributed by atoms with Crippen LogP contribution in [-0.2, 0) is 9.59 Å². The molecule has 0 radical (unpaired) electrons. The molecule has 0 fully saturated rings. The minimum absolute atomic E-state index is 0.148. The predicted octanol–water partition coefficient (Wildman–Crippen LogP) is 1.73. The lowest BCUT2D eigenvalue weighted by Gasteiger charge is -2.04. The van der Waals surface area contributed by atoms with Crippen LogP contribution in [-0.4, -0.2) is 6.15 Å². The van der Waals surface area contributed by atoms with Crippen molar-refractivity contribution in [3.63, 3.8) is 0 Å². The molecule has 0 aliphatic rings. The lowest BCUT2D eigenvalue weighted by Crippen LogP contribution is -2.04. The van der Waals surface area contributed by atoms with Crippen molar-refractivity contribution in [2.24, 2.45) is 5.73 Å². The fourth-order valence-corrected chi connectivity index (χ4v) is 1.36. The summed E-state index contributed by atoms with van der Waals surface area (Å²) < 4.78 is 1.24. The van der Waals surface area contributed by atoms with Crippen molar-refractivity contribution < 1.29 is 9.59 Å². The van der Waals surface area contributed by atoms with Gasteiger partial charge >= 0.3 is 6.15 Å². The Morgan fingerprint density at radius 1 is 1.46 bits per heavy atom. The molecule has 0 aliphatic heterocycles. The topological polar surface area (TPSA) is 60.2 Å². The molecule has 1 aromatic rings. The molecule has 1 atom stereocenters. The van der Waals surface area contributed by atoms with Crippen LogP contribution in [0.4, 0.5) is 0 Å². The summed E-state index contributed by atoms with van der Waals surface area (Å²) in [5.41, 5.74) is 6.88. The summed E-state index contributed by atoms with van der Waals surface area (Å²) in [5.74, 6) is 0. The molecule has 0 amide bonds. The van der Waals surface area contributed by atoms with E-state index in [9.17, 15) is 0 Å². The van der Waals surface area contributed by atoms with Gasteiger partial charge in [0.1, 0.15) is 0 Å². The third-order valence-electron chi connectivity index (χ3n) is 1.37. The van der Waals surface area contributed by atoms with E-state index >= 15 is 0 Å². The Bertz CT molecular complexity index is 293. The highest BCUT2D eigenvalue weighted by molar-refractivity contribution is 14.1. The monoisotopic (exact) mass is 291 g/mol. The van der Waals surface area contributed by atoms with Gasteiger partial charge in [-0.15, -0.1) is 0 Å². The molecule has 13 heavy (non-hydrogen) atoms. The van der Waals surface area contributed by atoms with E-state index in [-0.39, 0.29) is 12.2 Å². The average molecular weight is 291 g/mol. The highest BCUT2D eigenvalue weighted by Gasteiger charge is 1.97. The molecule has 70 valence electrons. The van der Waals surface area contributed by atoms with Crippen LogP contribution in [0.1, 0.15) is 18.5 Å². The molecule has 1 unspecified atom stereocenters. The Balaban J connectivity index is 0.000000424. The first-order valence-electron chi connectivity index (χ1n) is 3.62. The van der Waals surface area contributed by atoms with E-state index in [4.69, 9.17) is 15.3 Å². The van der Waals surface area contributed by atoms with Gasteiger partial charge in [-0.25, -0.2) is 0 Å². The summed E-state index contributed by atoms with van der Waals surface area (Å²) in [4.78, 5) is 16.2. The Kier molecular flexibility index (Phi) is 6.40. The van der Waals surface area contributed by atoms with Crippen LogP contribution in [0.15, 0.2) is 24.3 Å². The zero-order valence-corrected chi connectivity index (χ0v) is 9.32. The number of rotatable bonds is 1. The van der Waals surface area contributed by atoms with Gasteiger partial charge in [0.05, 0.1) is 0 Å². The Morgan fingerprint density at radius 3 is 2.31 bits per heavy atom. The van der Waals surface area contributed by atoms with Gasteiger partial charge < -0.3 is 5.73 Å². The molecule has 0 saturated heterocycles. The first-order valence-corrected chi connectivity index (χ1v) is 4.70. The molecule has 0 aliphatic carbocycles. The summed E-state index contributed by atoms with van der Waals surface area (Å²) in [6.07, 6.45) is 0.250. The highest BCUT2D eigenvalue weighted by atomic mass is 127. The second kappa shape index (κ2) is 6.77. The van der Waals surface area contributed by atoms with E-state index in [1.165, 1.54) is 9.13 Å². The molecule has 1 aromatic carbocycles. The van der Waals surface area contributed by atoms with E-state index in [0.29, 0.717) is 0 Å². The van der Waals surface area contributed by atoms with Crippen LogP contribution in [0.25, 0.3) is 0 Å². The maximum absolute atomic E-state index is 8.12. The van der Waals surface area contributed by atoms with Crippen molar-refractivity contribution in [3.8, 4) is 0 Å². The fourth-order valence-electron chi connectivity index (χ4n) is 0.790. The minimum atomic E-state index is 0.148. The molecule has 2 N–H and O–H groups in total. The fraction of sp³-hybridized carbons (Fsp3) is 0.222. The molecule has 0 spiro atoms. The van der Waals surface area contributed by atoms with E-state index < -0.39 is 0 Å². The molecule has 0 heterocycles. The molecule has 3 nitrogen and oxygen atoms in total. The van der Waals surface area contributed by atoms with Gasteiger partial charge in [-0.1, -0.05) is 12.1 Å². The quantitative estimate of drug-likeness (QED) is 0.802. The third-order valence-corrected chi connectivity index (χ3v) is 2.05. The zero-order chi connectivity index (χ0) is 10.3. The van der Waals surface area contributed by atoms with Crippen molar-refractivity contribution in [3.05, 3.63) is 33.4 Å². The van der Waals surface area contributed by atoms with Crippen molar-refractivity contribution in [1.29, 1.82) is 0 Å². The zero-order valence-electron chi connectivity index (χ0n) is 7.16. The van der Waals surface area contributed by atoms with Gasteiger partial charge in [0, 0.05) is 9.61 Å². The second-order valence-electron chi connectivity index (χ2n) is 2.43. The van der Waals surface area contributed by atoms with Crippen molar-refractivity contribution in [2.75, 3.05) is 0 Å². The van der Waals surface area contributed by atoms with E-state index in [2.05, 4.69) is 34.7 Å². The molecule has 0 saturated carbocycles. The lowest BCUT2D eigenvalue weighted by molar-refractivity contribution is -0.191. The standard InChI is InChI=1S/C8H10IN.CO2/c1-6(10)7-3-2-4-8(9)5-7;2-1-3/h2-6H,10H2,1H3;. The van der Waals surface area contributed by atoms with Crippen LogP contribution >= 0.6 is 22.6 Å². The first-order chi connectivity index (χ1) is 6.11. The van der Waals surface area contributed by atoms with Gasteiger partial charge in [0.15, 0.2) is 0 Å². The number of hydrogen-bond donors (Lipinski definition) is 1. The van der Waals surface area contributed by atoms with E-state index in [0.717, 1.165) is 0 Å². The average Bonchev–Trinajstić information content (AvgIpc) is 2.05. The van der Waals surface area contributed by atoms with Crippen molar-refractivity contribution in [2.45, 2.75) is 13.0 Å². The van der Waals surface area contributed by atoms with Crippen molar-refractivity contribution in [1.82, 2.24) is 0 Å². The number of carbonyl (C=O) groups excluding carboxylic acids is 2. The van der Waals surface area contributed by atoms with Gasteiger partial charge in [0.25, 0.3) is 0 Å². The number of halogens is 1. The number of benzene rings is 1.